The van der Waals surface area contributed by atoms with Crippen LogP contribution in [-0.4, -0.2) is 20.5 Å². The molecule has 0 atom stereocenters. The largest absolute Gasteiger partial charge is 0.390 e. The van der Waals surface area contributed by atoms with E-state index in [4.69, 9.17) is 5.73 Å². The molecule has 2 aromatic rings. The first-order valence-electron chi connectivity index (χ1n) is 7.28. The molecule has 1 saturated carbocycles. The van der Waals surface area contributed by atoms with Gasteiger partial charge in [0.1, 0.15) is 5.82 Å². The summed E-state index contributed by atoms with van der Waals surface area (Å²) >= 11 is 3.44. The highest BCUT2D eigenvalue weighted by atomic mass is 79.9. The zero-order chi connectivity index (χ0) is 15.0. The Labute approximate surface area is 133 Å². The highest BCUT2D eigenvalue weighted by Gasteiger charge is 2.30. The Bertz CT molecular complexity index is 623. The Hall–Kier alpha value is -1.33. The summed E-state index contributed by atoms with van der Waals surface area (Å²) in [6.07, 6.45) is 3.42. The molecule has 1 fully saturated rings. The molecule has 0 spiro atoms. The molecule has 1 aromatic carbocycles. The molecule has 0 saturated heterocycles. The molecule has 1 heterocycles. The van der Waals surface area contributed by atoms with Crippen molar-refractivity contribution < 1.29 is 5.11 Å². The first-order chi connectivity index (χ1) is 9.94. The van der Waals surface area contributed by atoms with E-state index in [9.17, 15) is 5.11 Å². The molecule has 0 unspecified atom stereocenters. The Balaban J connectivity index is 1.83. The molecule has 0 aliphatic heterocycles. The van der Waals surface area contributed by atoms with Crippen LogP contribution in [-0.2, 0) is 0 Å². The fraction of sp³-hybridized carbons (Fsp3) is 0.438. The third-order valence-electron chi connectivity index (χ3n) is 4.28. The molecule has 112 valence electrons. The number of nitrogen functional groups attached to an aromatic ring is 1. The maximum absolute atomic E-state index is 10.1. The van der Waals surface area contributed by atoms with Gasteiger partial charge in [0.05, 0.1) is 17.3 Å². The van der Waals surface area contributed by atoms with Crippen LogP contribution < -0.4 is 5.73 Å². The average Bonchev–Trinajstić information content (AvgIpc) is 2.82. The second kappa shape index (κ2) is 5.46. The number of aliphatic hydroxyl groups is 1. The second-order valence-electron chi connectivity index (χ2n) is 6.13. The van der Waals surface area contributed by atoms with Crippen LogP contribution in [0.4, 0.5) is 5.82 Å². The molecule has 0 bridgehead atoms. The summed E-state index contributed by atoms with van der Waals surface area (Å²) < 4.78 is 2.97. The van der Waals surface area contributed by atoms with E-state index in [1.54, 1.807) is 0 Å². The van der Waals surface area contributed by atoms with Crippen molar-refractivity contribution in [1.82, 2.24) is 9.78 Å². The van der Waals surface area contributed by atoms with E-state index in [0.717, 1.165) is 41.4 Å². The molecular weight excluding hydrogens is 330 g/mol. The van der Waals surface area contributed by atoms with Crippen LogP contribution in [0.2, 0.25) is 0 Å². The Morgan fingerprint density at radius 3 is 2.52 bits per heavy atom. The number of rotatable bonds is 2. The van der Waals surface area contributed by atoms with Crippen molar-refractivity contribution in [2.45, 2.75) is 44.2 Å². The zero-order valence-corrected chi connectivity index (χ0v) is 13.7. The molecule has 3 rings (SSSR count). The van der Waals surface area contributed by atoms with E-state index in [1.807, 2.05) is 41.9 Å². The number of nitrogens with zero attached hydrogens (tertiary/aromatic N) is 2. The van der Waals surface area contributed by atoms with Crippen molar-refractivity contribution in [1.29, 1.82) is 0 Å². The summed E-state index contributed by atoms with van der Waals surface area (Å²) in [7, 11) is 0. The molecule has 0 amide bonds. The number of anilines is 1. The topological polar surface area (TPSA) is 64.1 Å². The van der Waals surface area contributed by atoms with Gasteiger partial charge in [0, 0.05) is 16.1 Å². The first kappa shape index (κ1) is 14.6. The summed E-state index contributed by atoms with van der Waals surface area (Å²) in [6.45, 7) is 1.91. The van der Waals surface area contributed by atoms with Crippen molar-refractivity contribution in [3.63, 3.8) is 0 Å². The van der Waals surface area contributed by atoms with Gasteiger partial charge in [-0.1, -0.05) is 28.1 Å². The van der Waals surface area contributed by atoms with Gasteiger partial charge in [-0.3, -0.25) is 0 Å². The van der Waals surface area contributed by atoms with Gasteiger partial charge in [-0.25, -0.2) is 4.68 Å². The normalized spacial score (nSPS) is 26.0. The van der Waals surface area contributed by atoms with Crippen molar-refractivity contribution in [3.8, 4) is 11.3 Å². The zero-order valence-electron chi connectivity index (χ0n) is 12.1. The number of hydrogen-bond acceptors (Lipinski definition) is 3. The summed E-state index contributed by atoms with van der Waals surface area (Å²) in [4.78, 5) is 0. The van der Waals surface area contributed by atoms with E-state index in [0.29, 0.717) is 5.82 Å². The molecular formula is C16H20BrN3O. The summed E-state index contributed by atoms with van der Waals surface area (Å²) in [5.41, 5.74) is 7.56. The van der Waals surface area contributed by atoms with Crippen LogP contribution in [0.3, 0.4) is 0 Å². The van der Waals surface area contributed by atoms with Crippen LogP contribution in [0.25, 0.3) is 11.3 Å². The first-order valence-corrected chi connectivity index (χ1v) is 8.07. The molecule has 3 N–H and O–H groups in total. The average molecular weight is 350 g/mol. The standard InChI is InChI=1S/C16H20BrN3O/c1-16(21)8-6-13(7-9-16)20-15(18)10-14(19-20)11-2-4-12(17)5-3-11/h2-5,10,13,21H,6-9,18H2,1H3. The van der Waals surface area contributed by atoms with Crippen molar-refractivity contribution in [2.24, 2.45) is 0 Å². The molecule has 4 nitrogen and oxygen atoms in total. The van der Waals surface area contributed by atoms with Gasteiger partial charge in [-0.2, -0.15) is 5.10 Å². The van der Waals surface area contributed by atoms with Gasteiger partial charge in [-0.05, 0) is 44.7 Å². The summed E-state index contributed by atoms with van der Waals surface area (Å²) in [5, 5.41) is 14.7. The van der Waals surface area contributed by atoms with Crippen molar-refractivity contribution in [3.05, 3.63) is 34.8 Å². The lowest BCUT2D eigenvalue weighted by atomic mass is 9.84. The number of hydrogen-bond donors (Lipinski definition) is 2. The third-order valence-corrected chi connectivity index (χ3v) is 4.81. The van der Waals surface area contributed by atoms with Gasteiger partial charge in [0.25, 0.3) is 0 Å². The molecule has 1 aromatic heterocycles. The van der Waals surface area contributed by atoms with Gasteiger partial charge in [0.2, 0.25) is 0 Å². The number of halogens is 1. The van der Waals surface area contributed by atoms with Crippen molar-refractivity contribution >= 4 is 21.7 Å². The molecule has 5 heteroatoms. The lowest BCUT2D eigenvalue weighted by molar-refractivity contribution is 0.00881. The van der Waals surface area contributed by atoms with Crippen LogP contribution in [0.1, 0.15) is 38.6 Å². The number of benzene rings is 1. The Morgan fingerprint density at radius 1 is 1.29 bits per heavy atom. The number of nitrogens with two attached hydrogens (primary N) is 1. The summed E-state index contributed by atoms with van der Waals surface area (Å²) in [6, 6.07) is 10.3. The lowest BCUT2D eigenvalue weighted by Crippen LogP contribution is -2.32. The second-order valence-corrected chi connectivity index (χ2v) is 7.05. The predicted octanol–water partition coefficient (Wildman–Crippen LogP) is 3.76. The minimum Gasteiger partial charge on any atom is -0.390 e. The van der Waals surface area contributed by atoms with Crippen LogP contribution >= 0.6 is 15.9 Å². The number of aromatic nitrogens is 2. The molecule has 1 aliphatic carbocycles. The van der Waals surface area contributed by atoms with E-state index < -0.39 is 5.60 Å². The molecule has 0 radical (unpaired) electrons. The quantitative estimate of drug-likeness (QED) is 0.867. The van der Waals surface area contributed by atoms with Gasteiger partial charge in [-0.15, -0.1) is 0 Å². The smallest absolute Gasteiger partial charge is 0.122 e. The van der Waals surface area contributed by atoms with Gasteiger partial charge >= 0.3 is 0 Å². The van der Waals surface area contributed by atoms with Crippen LogP contribution in [0.5, 0.6) is 0 Å². The minimum absolute atomic E-state index is 0.287. The lowest BCUT2D eigenvalue weighted by Gasteiger charge is -2.33. The Morgan fingerprint density at radius 2 is 1.90 bits per heavy atom. The summed E-state index contributed by atoms with van der Waals surface area (Å²) in [5.74, 6) is 0.694. The van der Waals surface area contributed by atoms with Crippen molar-refractivity contribution in [2.75, 3.05) is 5.73 Å². The maximum Gasteiger partial charge on any atom is 0.122 e. The van der Waals surface area contributed by atoms with Crippen LogP contribution in [0, 0.1) is 0 Å². The fourth-order valence-electron chi connectivity index (χ4n) is 2.93. The van der Waals surface area contributed by atoms with Crippen LogP contribution in [0.15, 0.2) is 34.8 Å². The SMILES string of the molecule is CC1(O)CCC(n2nc(-c3ccc(Br)cc3)cc2N)CC1. The fourth-order valence-corrected chi connectivity index (χ4v) is 3.20. The maximum atomic E-state index is 10.1. The van der Waals surface area contributed by atoms with E-state index in [1.165, 1.54) is 0 Å². The minimum atomic E-state index is -0.535. The van der Waals surface area contributed by atoms with E-state index in [-0.39, 0.29) is 6.04 Å². The monoisotopic (exact) mass is 349 g/mol. The highest BCUT2D eigenvalue weighted by Crippen LogP contribution is 2.36. The van der Waals surface area contributed by atoms with Gasteiger partial charge in [0.15, 0.2) is 0 Å². The predicted molar refractivity (Wildman–Crippen MR) is 87.9 cm³/mol. The van der Waals surface area contributed by atoms with Gasteiger partial charge < -0.3 is 10.8 Å². The van der Waals surface area contributed by atoms with E-state index in [2.05, 4.69) is 21.0 Å². The molecule has 21 heavy (non-hydrogen) atoms. The molecule has 1 aliphatic rings. The van der Waals surface area contributed by atoms with E-state index >= 15 is 0 Å². The highest BCUT2D eigenvalue weighted by molar-refractivity contribution is 9.10. The Kier molecular flexibility index (Phi) is 3.80. The third kappa shape index (κ3) is 3.14.